The number of nitro groups is 1. The molecule has 6 nitrogen and oxygen atoms in total. The second-order valence-corrected chi connectivity index (χ2v) is 6.38. The number of hydrogen-bond acceptors (Lipinski definition) is 4. The maximum absolute atomic E-state index is 12.9. The molecule has 152 valence electrons. The zero-order valence-corrected chi connectivity index (χ0v) is 15.3. The number of aromatic nitrogens is 1. The summed E-state index contributed by atoms with van der Waals surface area (Å²) in [7, 11) is 0. The quantitative estimate of drug-likeness (QED) is 0.347. The van der Waals surface area contributed by atoms with Crippen molar-refractivity contribution in [3.05, 3.63) is 75.5 Å². The van der Waals surface area contributed by atoms with Crippen molar-refractivity contribution in [3.63, 3.8) is 0 Å². The fourth-order valence-electron chi connectivity index (χ4n) is 3.30. The Hall–Kier alpha value is -3.36. The summed E-state index contributed by atoms with van der Waals surface area (Å²) in [6.07, 6.45) is -3.05. The number of ether oxygens (including phenoxy) is 1. The number of rotatable bonds is 6. The first-order valence-corrected chi connectivity index (χ1v) is 8.79. The maximum atomic E-state index is 12.9. The van der Waals surface area contributed by atoms with Gasteiger partial charge in [0.1, 0.15) is 5.52 Å². The van der Waals surface area contributed by atoms with E-state index in [1.165, 1.54) is 24.3 Å². The average Bonchev–Trinajstić information content (AvgIpc) is 3.09. The third kappa shape index (κ3) is 4.23. The van der Waals surface area contributed by atoms with E-state index in [0.29, 0.717) is 16.5 Å². The van der Waals surface area contributed by atoms with Gasteiger partial charge in [0.15, 0.2) is 0 Å². The molecule has 1 N–H and O–H groups in total. The molecule has 0 spiro atoms. The van der Waals surface area contributed by atoms with Crippen molar-refractivity contribution in [1.29, 1.82) is 0 Å². The van der Waals surface area contributed by atoms with Gasteiger partial charge in [-0.05, 0) is 30.2 Å². The van der Waals surface area contributed by atoms with Crippen molar-refractivity contribution in [3.8, 4) is 0 Å². The lowest BCUT2D eigenvalue weighted by molar-refractivity contribution is -0.383. The smallest absolute Gasteiger partial charge is 0.416 e. The van der Waals surface area contributed by atoms with Gasteiger partial charge in [0.25, 0.3) is 5.69 Å². The van der Waals surface area contributed by atoms with Gasteiger partial charge in [0.05, 0.1) is 23.5 Å². The molecule has 0 bridgehead atoms. The van der Waals surface area contributed by atoms with E-state index in [1.807, 2.05) is 0 Å². The number of aromatic amines is 1. The summed E-state index contributed by atoms with van der Waals surface area (Å²) in [6.45, 7) is 1.82. The number of benzene rings is 2. The van der Waals surface area contributed by atoms with E-state index in [1.54, 1.807) is 19.2 Å². The number of halogens is 3. The van der Waals surface area contributed by atoms with Gasteiger partial charge in [-0.15, -0.1) is 0 Å². The number of esters is 1. The zero-order valence-electron chi connectivity index (χ0n) is 15.3. The van der Waals surface area contributed by atoms with Gasteiger partial charge in [0.2, 0.25) is 0 Å². The van der Waals surface area contributed by atoms with Crippen molar-refractivity contribution >= 4 is 22.6 Å². The molecule has 0 saturated heterocycles. The average molecular weight is 406 g/mol. The van der Waals surface area contributed by atoms with E-state index >= 15 is 0 Å². The van der Waals surface area contributed by atoms with E-state index in [-0.39, 0.29) is 24.2 Å². The zero-order chi connectivity index (χ0) is 21.2. The Morgan fingerprint density at radius 3 is 2.48 bits per heavy atom. The number of nitrogens with one attached hydrogen (secondary N) is 1. The molecule has 0 saturated carbocycles. The summed E-state index contributed by atoms with van der Waals surface area (Å²) in [6, 6.07) is 9.05. The van der Waals surface area contributed by atoms with Gasteiger partial charge in [-0.1, -0.05) is 24.3 Å². The Morgan fingerprint density at radius 1 is 1.21 bits per heavy atom. The van der Waals surface area contributed by atoms with Gasteiger partial charge in [-0.2, -0.15) is 13.2 Å². The Morgan fingerprint density at radius 2 is 1.90 bits per heavy atom. The van der Waals surface area contributed by atoms with Crippen molar-refractivity contribution in [2.75, 3.05) is 6.61 Å². The minimum absolute atomic E-state index is 0.116. The van der Waals surface area contributed by atoms with Gasteiger partial charge in [0, 0.05) is 23.6 Å². The molecule has 3 aromatic rings. The van der Waals surface area contributed by atoms with Crippen molar-refractivity contribution in [1.82, 2.24) is 4.98 Å². The number of H-pyrrole nitrogens is 1. The Bertz CT molecular complexity index is 1040. The lowest BCUT2D eigenvalue weighted by Gasteiger charge is -2.17. The van der Waals surface area contributed by atoms with Gasteiger partial charge < -0.3 is 9.72 Å². The third-order valence-electron chi connectivity index (χ3n) is 4.61. The Labute approximate surface area is 163 Å². The van der Waals surface area contributed by atoms with Gasteiger partial charge >= 0.3 is 12.1 Å². The summed E-state index contributed by atoms with van der Waals surface area (Å²) in [5, 5.41) is 11.8. The maximum Gasteiger partial charge on any atom is 0.416 e. The molecule has 0 aliphatic heterocycles. The predicted molar refractivity (Wildman–Crippen MR) is 99.5 cm³/mol. The number of hydrogen-bond donors (Lipinski definition) is 1. The number of carbonyl (C=O) groups is 1. The third-order valence-corrected chi connectivity index (χ3v) is 4.61. The summed E-state index contributed by atoms with van der Waals surface area (Å²) in [4.78, 5) is 25.7. The van der Waals surface area contributed by atoms with Crippen LogP contribution in [0, 0.1) is 10.1 Å². The molecule has 0 aliphatic carbocycles. The Kier molecular flexibility index (Phi) is 5.58. The van der Waals surface area contributed by atoms with Crippen molar-refractivity contribution in [2.24, 2.45) is 0 Å². The van der Waals surface area contributed by atoms with Crippen LogP contribution < -0.4 is 0 Å². The summed E-state index contributed by atoms with van der Waals surface area (Å²) >= 11 is 0. The van der Waals surface area contributed by atoms with Gasteiger partial charge in [-0.25, -0.2) is 0 Å². The lowest BCUT2D eigenvalue weighted by Crippen LogP contribution is -2.12. The highest BCUT2D eigenvalue weighted by Crippen LogP contribution is 2.37. The van der Waals surface area contributed by atoms with E-state index in [4.69, 9.17) is 4.74 Å². The van der Waals surface area contributed by atoms with Crippen LogP contribution in [0.5, 0.6) is 0 Å². The van der Waals surface area contributed by atoms with Crippen LogP contribution in [0.1, 0.15) is 36.0 Å². The van der Waals surface area contributed by atoms with Crippen LogP contribution in [0.3, 0.4) is 0 Å². The molecule has 0 radical (unpaired) electrons. The van der Waals surface area contributed by atoms with Crippen LogP contribution in [0.15, 0.2) is 48.7 Å². The summed E-state index contributed by atoms with van der Waals surface area (Å²) in [5.41, 5.74) is 0.394. The summed E-state index contributed by atoms with van der Waals surface area (Å²) < 4.78 is 43.7. The molecular formula is C20H17F3N2O4. The van der Waals surface area contributed by atoms with E-state index in [2.05, 4.69) is 4.98 Å². The first-order valence-electron chi connectivity index (χ1n) is 8.79. The second kappa shape index (κ2) is 7.94. The second-order valence-electron chi connectivity index (χ2n) is 6.38. The van der Waals surface area contributed by atoms with Crippen molar-refractivity contribution < 1.29 is 27.6 Å². The number of fused-ring (bicyclic) bond motifs is 1. The SMILES string of the molecule is CCOC(=O)CC(c1ccc(C(F)(F)F)cc1)c1c[nH]c2c([N+](=O)[O-])cccc12. The van der Waals surface area contributed by atoms with E-state index in [9.17, 15) is 28.1 Å². The molecule has 0 amide bonds. The van der Waals surface area contributed by atoms with E-state index < -0.39 is 28.6 Å². The normalized spacial score (nSPS) is 12.7. The largest absolute Gasteiger partial charge is 0.466 e. The molecular weight excluding hydrogens is 389 g/mol. The van der Waals surface area contributed by atoms with Gasteiger partial charge in [-0.3, -0.25) is 14.9 Å². The number of nitro benzene ring substituents is 1. The molecule has 1 atom stereocenters. The minimum atomic E-state index is -4.48. The molecule has 1 aromatic heterocycles. The summed E-state index contributed by atoms with van der Waals surface area (Å²) in [5.74, 6) is -1.15. The fraction of sp³-hybridized carbons (Fsp3) is 0.250. The molecule has 0 fully saturated rings. The van der Waals surface area contributed by atoms with Crippen LogP contribution in [-0.4, -0.2) is 22.5 Å². The highest BCUT2D eigenvalue weighted by molar-refractivity contribution is 5.91. The molecule has 0 aliphatic rings. The molecule has 29 heavy (non-hydrogen) atoms. The number of alkyl halides is 3. The number of para-hydroxylation sites is 1. The molecule has 1 unspecified atom stereocenters. The van der Waals surface area contributed by atoms with Crippen LogP contribution in [0.25, 0.3) is 10.9 Å². The molecule has 9 heteroatoms. The molecule has 3 rings (SSSR count). The number of nitrogens with zero attached hydrogens (tertiary/aromatic N) is 1. The highest BCUT2D eigenvalue weighted by atomic mass is 19.4. The van der Waals surface area contributed by atoms with Crippen LogP contribution in [0.4, 0.5) is 18.9 Å². The predicted octanol–water partition coefficient (Wildman–Crippen LogP) is 5.18. The number of non-ortho nitro benzene ring substituents is 1. The number of carbonyl (C=O) groups excluding carboxylic acids is 1. The lowest BCUT2D eigenvalue weighted by atomic mass is 9.87. The highest BCUT2D eigenvalue weighted by Gasteiger charge is 2.31. The van der Waals surface area contributed by atoms with E-state index in [0.717, 1.165) is 12.1 Å². The first kappa shape index (κ1) is 20.4. The van der Waals surface area contributed by atoms with Crippen molar-refractivity contribution in [2.45, 2.75) is 25.4 Å². The fourth-order valence-corrected chi connectivity index (χ4v) is 3.30. The molecule has 1 heterocycles. The topological polar surface area (TPSA) is 85.2 Å². The standard InChI is InChI=1S/C20H17F3N2O4/c1-2-29-18(26)10-15(12-6-8-13(9-7-12)20(21,22)23)16-11-24-19-14(16)4-3-5-17(19)25(27)28/h3-9,11,15,24H,2,10H2,1H3. The minimum Gasteiger partial charge on any atom is -0.466 e. The van der Waals surface area contributed by atoms with Crippen LogP contribution in [0.2, 0.25) is 0 Å². The molecule has 2 aromatic carbocycles. The Balaban J connectivity index is 2.09. The van der Waals surface area contributed by atoms with Crippen LogP contribution in [-0.2, 0) is 15.7 Å². The first-order chi connectivity index (χ1) is 13.7. The monoisotopic (exact) mass is 406 g/mol. The van der Waals surface area contributed by atoms with Crippen LogP contribution >= 0.6 is 0 Å².